The van der Waals surface area contributed by atoms with Gasteiger partial charge in [0.05, 0.1) is 12.3 Å². The first-order valence-electron chi connectivity index (χ1n) is 13.1. The standard InChI is InChI=1S/C32H29FN6O2/c1-3-21-10-11-28(36-18-21)32(41)39-27-9-5-7-25(29(27)33)24-6-4-8-26(20(24)2)38-31-30-23(12-13-35-31)16-22(19-37-30)17-34-14-15-40/h3-13,16,18-19,34,40H,1,14-15,17H2,2H3,(H,35,38)(H,39,41). The number of carbonyl (C=O) groups is 1. The Bertz CT molecular complexity index is 1720. The Morgan fingerprint density at radius 2 is 1.80 bits per heavy atom. The molecule has 206 valence electrons. The fourth-order valence-electron chi connectivity index (χ4n) is 4.48. The van der Waals surface area contributed by atoms with Crippen molar-refractivity contribution in [1.82, 2.24) is 20.3 Å². The number of aliphatic hydroxyl groups is 1. The highest BCUT2D eigenvalue weighted by Crippen LogP contribution is 2.35. The number of nitrogens with one attached hydrogen (secondary N) is 3. The molecular formula is C32H29FN6O2. The molecule has 0 aliphatic heterocycles. The van der Waals surface area contributed by atoms with Gasteiger partial charge in [0.1, 0.15) is 11.2 Å². The van der Waals surface area contributed by atoms with Crippen LogP contribution in [0.2, 0.25) is 0 Å². The Morgan fingerprint density at radius 3 is 2.56 bits per heavy atom. The lowest BCUT2D eigenvalue weighted by molar-refractivity contribution is 0.102. The summed E-state index contributed by atoms with van der Waals surface area (Å²) in [4.78, 5) is 26.0. The zero-order chi connectivity index (χ0) is 28.8. The van der Waals surface area contributed by atoms with Crippen LogP contribution in [0.15, 0.2) is 85.8 Å². The third-order valence-corrected chi connectivity index (χ3v) is 6.65. The minimum atomic E-state index is -0.545. The van der Waals surface area contributed by atoms with E-state index in [-0.39, 0.29) is 18.0 Å². The Balaban J connectivity index is 1.41. The molecule has 0 fully saturated rings. The van der Waals surface area contributed by atoms with Crippen molar-refractivity contribution in [2.45, 2.75) is 13.5 Å². The zero-order valence-electron chi connectivity index (χ0n) is 22.5. The minimum absolute atomic E-state index is 0.0593. The quantitative estimate of drug-likeness (QED) is 0.162. The van der Waals surface area contributed by atoms with Gasteiger partial charge in [0.25, 0.3) is 5.91 Å². The number of aliphatic hydroxyl groups excluding tert-OH is 1. The van der Waals surface area contributed by atoms with Crippen LogP contribution in [0.5, 0.6) is 0 Å². The summed E-state index contributed by atoms with van der Waals surface area (Å²) >= 11 is 0. The fraction of sp³-hybridized carbons (Fsp3) is 0.125. The summed E-state index contributed by atoms with van der Waals surface area (Å²) in [5, 5.41) is 19.1. The second-order valence-electron chi connectivity index (χ2n) is 9.38. The minimum Gasteiger partial charge on any atom is -0.395 e. The third kappa shape index (κ3) is 6.11. The van der Waals surface area contributed by atoms with Crippen LogP contribution in [0.25, 0.3) is 28.1 Å². The molecule has 0 aliphatic rings. The molecule has 41 heavy (non-hydrogen) atoms. The maximum Gasteiger partial charge on any atom is 0.274 e. The van der Waals surface area contributed by atoms with E-state index in [1.165, 1.54) is 12.3 Å². The maximum absolute atomic E-state index is 15.7. The number of carbonyl (C=O) groups excluding carboxylic acids is 1. The summed E-state index contributed by atoms with van der Waals surface area (Å²) in [6.07, 6.45) is 6.65. The number of amides is 1. The molecule has 5 rings (SSSR count). The van der Waals surface area contributed by atoms with Gasteiger partial charge in [0.15, 0.2) is 11.6 Å². The van der Waals surface area contributed by atoms with Crippen LogP contribution in [-0.2, 0) is 6.54 Å². The average molecular weight is 549 g/mol. The largest absolute Gasteiger partial charge is 0.395 e. The molecule has 3 aromatic heterocycles. The normalized spacial score (nSPS) is 10.9. The first-order chi connectivity index (χ1) is 20.0. The smallest absolute Gasteiger partial charge is 0.274 e. The van der Waals surface area contributed by atoms with Crippen molar-refractivity contribution < 1.29 is 14.3 Å². The Hall–Kier alpha value is -4.99. The molecule has 9 heteroatoms. The fourth-order valence-corrected chi connectivity index (χ4v) is 4.48. The number of hydrogen-bond acceptors (Lipinski definition) is 7. The van der Waals surface area contributed by atoms with E-state index in [1.807, 2.05) is 37.3 Å². The number of nitrogens with zero attached hydrogens (tertiary/aromatic N) is 3. The molecule has 0 saturated carbocycles. The van der Waals surface area contributed by atoms with E-state index >= 15 is 4.39 Å². The highest BCUT2D eigenvalue weighted by molar-refractivity contribution is 6.03. The van der Waals surface area contributed by atoms with E-state index in [2.05, 4.69) is 37.5 Å². The molecule has 0 spiro atoms. The van der Waals surface area contributed by atoms with Crippen molar-refractivity contribution in [2.24, 2.45) is 0 Å². The summed E-state index contributed by atoms with van der Waals surface area (Å²) in [5.74, 6) is -0.476. The maximum atomic E-state index is 15.7. The van der Waals surface area contributed by atoms with Gasteiger partial charge in [-0.15, -0.1) is 0 Å². The van der Waals surface area contributed by atoms with E-state index in [0.717, 1.165) is 27.8 Å². The lowest BCUT2D eigenvalue weighted by Gasteiger charge is -2.16. The molecule has 0 aliphatic carbocycles. The van der Waals surface area contributed by atoms with Gasteiger partial charge in [-0.25, -0.2) is 9.37 Å². The number of aromatic nitrogens is 3. The first-order valence-corrected chi connectivity index (χ1v) is 13.1. The molecule has 0 atom stereocenters. The lowest BCUT2D eigenvalue weighted by Crippen LogP contribution is -2.17. The SMILES string of the molecule is C=Cc1ccc(C(=O)Nc2cccc(-c3cccc(Nc4nccc5cc(CNCCO)cnc45)c3C)c2F)nc1. The highest BCUT2D eigenvalue weighted by atomic mass is 19.1. The van der Waals surface area contributed by atoms with Gasteiger partial charge in [-0.1, -0.05) is 43.0 Å². The van der Waals surface area contributed by atoms with Gasteiger partial charge in [-0.2, -0.15) is 0 Å². The van der Waals surface area contributed by atoms with E-state index in [1.54, 1.807) is 42.7 Å². The van der Waals surface area contributed by atoms with Gasteiger partial charge >= 0.3 is 0 Å². The molecule has 0 bridgehead atoms. The molecule has 2 aromatic carbocycles. The van der Waals surface area contributed by atoms with Crippen LogP contribution in [0, 0.1) is 12.7 Å². The summed E-state index contributed by atoms with van der Waals surface area (Å²) < 4.78 is 15.7. The van der Waals surface area contributed by atoms with Crippen molar-refractivity contribution in [2.75, 3.05) is 23.8 Å². The predicted octanol–water partition coefficient (Wildman–Crippen LogP) is 5.86. The van der Waals surface area contributed by atoms with Crippen LogP contribution in [-0.4, -0.2) is 39.1 Å². The highest BCUT2D eigenvalue weighted by Gasteiger charge is 2.17. The summed E-state index contributed by atoms with van der Waals surface area (Å²) in [5.41, 5.74) is 5.28. The van der Waals surface area contributed by atoms with E-state index in [0.29, 0.717) is 35.6 Å². The summed E-state index contributed by atoms with van der Waals surface area (Å²) in [6, 6.07) is 17.7. The molecule has 5 aromatic rings. The Morgan fingerprint density at radius 1 is 1.00 bits per heavy atom. The number of halogens is 1. The predicted molar refractivity (Wildman–Crippen MR) is 160 cm³/mol. The first kappa shape index (κ1) is 27.6. The van der Waals surface area contributed by atoms with Gasteiger partial charge in [-0.05, 0) is 59.5 Å². The second kappa shape index (κ2) is 12.5. The monoisotopic (exact) mass is 548 g/mol. The summed E-state index contributed by atoms with van der Waals surface area (Å²) in [7, 11) is 0. The van der Waals surface area contributed by atoms with Gasteiger partial charge < -0.3 is 21.1 Å². The van der Waals surface area contributed by atoms with Crippen LogP contribution in [0.3, 0.4) is 0 Å². The van der Waals surface area contributed by atoms with Gasteiger partial charge in [0, 0.05) is 48.3 Å². The molecule has 4 N–H and O–H groups in total. The summed E-state index contributed by atoms with van der Waals surface area (Å²) in [6.45, 7) is 6.75. The Labute approximate surface area is 237 Å². The zero-order valence-corrected chi connectivity index (χ0v) is 22.5. The molecule has 8 nitrogen and oxygen atoms in total. The number of hydrogen-bond donors (Lipinski definition) is 4. The van der Waals surface area contributed by atoms with Crippen molar-refractivity contribution in [3.05, 3.63) is 114 Å². The molecule has 0 unspecified atom stereocenters. The van der Waals surface area contributed by atoms with Gasteiger partial charge in [-0.3, -0.25) is 14.8 Å². The number of fused-ring (bicyclic) bond motifs is 1. The van der Waals surface area contributed by atoms with E-state index in [4.69, 9.17) is 5.11 Å². The second-order valence-corrected chi connectivity index (χ2v) is 9.38. The van der Waals surface area contributed by atoms with Crippen LogP contribution < -0.4 is 16.0 Å². The van der Waals surface area contributed by atoms with Crippen LogP contribution in [0.4, 0.5) is 21.6 Å². The van der Waals surface area contributed by atoms with Crippen molar-refractivity contribution in [3.8, 4) is 11.1 Å². The molecule has 0 saturated heterocycles. The van der Waals surface area contributed by atoms with Crippen LogP contribution in [0.1, 0.15) is 27.2 Å². The number of pyridine rings is 3. The van der Waals surface area contributed by atoms with Crippen molar-refractivity contribution in [1.29, 1.82) is 0 Å². The van der Waals surface area contributed by atoms with Crippen molar-refractivity contribution in [3.63, 3.8) is 0 Å². The molecule has 1 amide bonds. The van der Waals surface area contributed by atoms with Gasteiger partial charge in [0.2, 0.25) is 0 Å². The van der Waals surface area contributed by atoms with E-state index in [9.17, 15) is 4.79 Å². The molecule has 0 radical (unpaired) electrons. The molecular weight excluding hydrogens is 519 g/mol. The lowest BCUT2D eigenvalue weighted by atomic mass is 9.98. The van der Waals surface area contributed by atoms with Crippen molar-refractivity contribution >= 4 is 40.1 Å². The third-order valence-electron chi connectivity index (χ3n) is 6.65. The number of benzene rings is 2. The topological polar surface area (TPSA) is 112 Å². The van der Waals surface area contributed by atoms with E-state index < -0.39 is 11.7 Å². The number of rotatable bonds is 10. The Kier molecular flexibility index (Phi) is 8.38. The van der Waals surface area contributed by atoms with Crippen LogP contribution >= 0.6 is 0 Å². The average Bonchev–Trinajstić information content (AvgIpc) is 2.99. The number of anilines is 3. The molecule has 3 heterocycles.